The maximum absolute atomic E-state index is 6.65. The summed E-state index contributed by atoms with van der Waals surface area (Å²) in [6.45, 7) is 4.16. The number of hydrazone groups is 1. The van der Waals surface area contributed by atoms with Crippen LogP contribution < -0.4 is 4.74 Å². The lowest BCUT2D eigenvalue weighted by Gasteiger charge is -2.50. The van der Waals surface area contributed by atoms with Gasteiger partial charge in [0.1, 0.15) is 5.75 Å². The van der Waals surface area contributed by atoms with Crippen LogP contribution in [0.5, 0.6) is 5.75 Å². The smallest absolute Gasteiger partial charge is 0.200 e. The van der Waals surface area contributed by atoms with Crippen LogP contribution in [0.25, 0.3) is 0 Å². The summed E-state index contributed by atoms with van der Waals surface area (Å²) in [7, 11) is 2.17. The summed E-state index contributed by atoms with van der Waals surface area (Å²) < 4.78 is 6.65. The number of hydrogen-bond donors (Lipinski definition) is 0. The summed E-state index contributed by atoms with van der Waals surface area (Å²) in [6.07, 6.45) is 2.76. The van der Waals surface area contributed by atoms with Gasteiger partial charge in [-0.05, 0) is 26.1 Å². The Labute approximate surface area is 165 Å². The molecule has 4 nitrogen and oxygen atoms in total. The molecule has 1 unspecified atom stereocenters. The van der Waals surface area contributed by atoms with Crippen molar-refractivity contribution in [2.24, 2.45) is 5.10 Å². The Morgan fingerprint density at radius 1 is 1.15 bits per heavy atom. The molecule has 1 atom stereocenters. The molecular formula is C22H24ClN3O. The van der Waals surface area contributed by atoms with Crippen molar-refractivity contribution < 1.29 is 4.74 Å². The molecule has 3 aliphatic heterocycles. The zero-order valence-electron chi connectivity index (χ0n) is 15.8. The van der Waals surface area contributed by atoms with Gasteiger partial charge in [0.2, 0.25) is 5.72 Å². The summed E-state index contributed by atoms with van der Waals surface area (Å²) in [5.41, 5.74) is 4.23. The topological polar surface area (TPSA) is 28.1 Å². The third kappa shape index (κ3) is 2.74. The van der Waals surface area contributed by atoms with E-state index < -0.39 is 0 Å². The van der Waals surface area contributed by atoms with Gasteiger partial charge in [0, 0.05) is 48.5 Å². The molecular weight excluding hydrogens is 358 g/mol. The lowest BCUT2D eigenvalue weighted by Crippen LogP contribution is -2.58. The first-order chi connectivity index (χ1) is 13.1. The van der Waals surface area contributed by atoms with E-state index in [0.717, 1.165) is 54.4 Å². The zero-order chi connectivity index (χ0) is 18.6. The maximum atomic E-state index is 6.65. The van der Waals surface area contributed by atoms with Gasteiger partial charge in [-0.25, -0.2) is 5.01 Å². The standard InChI is InChI=1S/C22H24ClN3O/c1-15-7-8-21-17(13-15)20-14-19(16-5-3-4-6-18(16)23)24-26(20)22(27-21)9-11-25(2)12-10-22/h3-8,13,20H,9-12,14H2,1-2H3. The number of hydrogen-bond acceptors (Lipinski definition) is 4. The molecule has 3 heterocycles. The number of fused-ring (bicyclic) bond motifs is 4. The van der Waals surface area contributed by atoms with Crippen molar-refractivity contribution in [3.8, 4) is 5.75 Å². The van der Waals surface area contributed by atoms with E-state index in [1.54, 1.807) is 0 Å². The highest BCUT2D eigenvalue weighted by molar-refractivity contribution is 6.34. The highest BCUT2D eigenvalue weighted by atomic mass is 35.5. The van der Waals surface area contributed by atoms with Crippen LogP contribution in [-0.4, -0.2) is 41.5 Å². The molecule has 0 aliphatic carbocycles. The van der Waals surface area contributed by atoms with Crippen molar-refractivity contribution in [3.63, 3.8) is 0 Å². The fourth-order valence-corrected chi connectivity index (χ4v) is 4.80. The van der Waals surface area contributed by atoms with E-state index in [-0.39, 0.29) is 11.8 Å². The quantitative estimate of drug-likeness (QED) is 0.721. The van der Waals surface area contributed by atoms with E-state index in [0.29, 0.717) is 0 Å². The van der Waals surface area contributed by atoms with Crippen molar-refractivity contribution >= 4 is 17.3 Å². The van der Waals surface area contributed by atoms with Gasteiger partial charge >= 0.3 is 0 Å². The Morgan fingerprint density at radius 3 is 2.70 bits per heavy atom. The molecule has 0 aromatic heterocycles. The molecule has 5 heteroatoms. The highest BCUT2D eigenvalue weighted by Crippen LogP contribution is 2.50. The second-order valence-electron chi connectivity index (χ2n) is 7.98. The fraction of sp³-hybridized carbons (Fsp3) is 0.409. The first kappa shape index (κ1) is 17.1. The monoisotopic (exact) mass is 381 g/mol. The molecule has 0 amide bonds. The summed E-state index contributed by atoms with van der Waals surface area (Å²) >= 11 is 6.49. The first-order valence-corrected chi connectivity index (χ1v) is 10.0. The predicted molar refractivity (Wildman–Crippen MR) is 108 cm³/mol. The molecule has 27 heavy (non-hydrogen) atoms. The van der Waals surface area contributed by atoms with E-state index in [9.17, 15) is 0 Å². The molecule has 2 aromatic rings. The maximum Gasteiger partial charge on any atom is 0.200 e. The van der Waals surface area contributed by atoms with Crippen LogP contribution in [0.1, 0.15) is 42.0 Å². The van der Waals surface area contributed by atoms with Gasteiger partial charge in [0.05, 0.1) is 11.8 Å². The molecule has 3 aliphatic rings. The first-order valence-electron chi connectivity index (χ1n) is 9.66. The van der Waals surface area contributed by atoms with Gasteiger partial charge < -0.3 is 9.64 Å². The van der Waals surface area contributed by atoms with Crippen molar-refractivity contribution in [2.45, 2.75) is 38.0 Å². The number of ether oxygens (including phenoxy) is 1. The largest absolute Gasteiger partial charge is 0.466 e. The van der Waals surface area contributed by atoms with Gasteiger partial charge in [-0.1, -0.05) is 47.5 Å². The van der Waals surface area contributed by atoms with E-state index >= 15 is 0 Å². The van der Waals surface area contributed by atoms with E-state index in [1.165, 1.54) is 11.1 Å². The van der Waals surface area contributed by atoms with Crippen molar-refractivity contribution in [1.82, 2.24) is 9.91 Å². The van der Waals surface area contributed by atoms with Gasteiger partial charge in [0.15, 0.2) is 0 Å². The summed E-state index contributed by atoms with van der Waals surface area (Å²) in [4.78, 5) is 2.36. The fourth-order valence-electron chi connectivity index (χ4n) is 4.56. The number of benzene rings is 2. The predicted octanol–water partition coefficient (Wildman–Crippen LogP) is 4.61. The normalized spacial score (nSPS) is 23.6. The zero-order valence-corrected chi connectivity index (χ0v) is 16.5. The van der Waals surface area contributed by atoms with Crippen molar-refractivity contribution in [3.05, 3.63) is 64.2 Å². The van der Waals surface area contributed by atoms with Crippen molar-refractivity contribution in [2.75, 3.05) is 20.1 Å². The van der Waals surface area contributed by atoms with E-state index in [4.69, 9.17) is 21.4 Å². The minimum absolute atomic E-state index is 0.211. The van der Waals surface area contributed by atoms with Crippen LogP contribution in [0.3, 0.4) is 0 Å². The molecule has 2 aromatic carbocycles. The van der Waals surface area contributed by atoms with E-state index in [2.05, 4.69) is 48.1 Å². The Bertz CT molecular complexity index is 918. The summed E-state index contributed by atoms with van der Waals surface area (Å²) in [6, 6.07) is 14.7. The average Bonchev–Trinajstić information content (AvgIpc) is 3.12. The Balaban J connectivity index is 1.61. The molecule has 0 bridgehead atoms. The van der Waals surface area contributed by atoms with Crippen LogP contribution in [-0.2, 0) is 0 Å². The lowest BCUT2D eigenvalue weighted by atomic mass is 9.90. The molecule has 140 valence electrons. The second-order valence-corrected chi connectivity index (χ2v) is 8.39. The highest BCUT2D eigenvalue weighted by Gasteiger charge is 2.51. The summed E-state index contributed by atoms with van der Waals surface area (Å²) in [5, 5.41) is 8.11. The minimum Gasteiger partial charge on any atom is -0.466 e. The van der Waals surface area contributed by atoms with Gasteiger partial charge in [-0.3, -0.25) is 0 Å². The third-order valence-corrected chi connectivity index (χ3v) is 6.43. The third-order valence-electron chi connectivity index (χ3n) is 6.11. The Morgan fingerprint density at radius 2 is 1.93 bits per heavy atom. The Kier molecular flexibility index (Phi) is 3.95. The molecule has 1 spiro atoms. The molecule has 1 fully saturated rings. The van der Waals surface area contributed by atoms with E-state index in [1.807, 2.05) is 18.2 Å². The molecule has 0 saturated carbocycles. The SMILES string of the molecule is Cc1ccc2c(c1)C1CC(c3ccccc3Cl)=NN1C1(CCN(C)CC1)O2. The number of aryl methyl sites for hydroxylation is 1. The lowest BCUT2D eigenvalue weighted by molar-refractivity contribution is -0.147. The second kappa shape index (κ2) is 6.25. The molecule has 0 N–H and O–H groups in total. The number of likely N-dealkylation sites (tertiary alicyclic amines) is 1. The Hall–Kier alpha value is -2.04. The van der Waals surface area contributed by atoms with Crippen LogP contribution in [0, 0.1) is 6.92 Å². The van der Waals surface area contributed by atoms with Crippen molar-refractivity contribution in [1.29, 1.82) is 0 Å². The minimum atomic E-state index is -0.359. The number of halogens is 1. The molecule has 5 rings (SSSR count). The number of rotatable bonds is 1. The van der Waals surface area contributed by atoms with Gasteiger partial charge in [-0.15, -0.1) is 0 Å². The van der Waals surface area contributed by atoms with Gasteiger partial charge in [0.25, 0.3) is 0 Å². The number of piperidine rings is 1. The van der Waals surface area contributed by atoms with Crippen LogP contribution in [0.15, 0.2) is 47.6 Å². The summed E-state index contributed by atoms with van der Waals surface area (Å²) in [5.74, 6) is 1.02. The number of nitrogens with zero attached hydrogens (tertiary/aromatic N) is 3. The van der Waals surface area contributed by atoms with Crippen LogP contribution in [0.2, 0.25) is 5.02 Å². The van der Waals surface area contributed by atoms with Gasteiger partial charge in [-0.2, -0.15) is 5.10 Å². The van der Waals surface area contributed by atoms with Crippen LogP contribution in [0.4, 0.5) is 0 Å². The van der Waals surface area contributed by atoms with Crippen LogP contribution >= 0.6 is 11.6 Å². The average molecular weight is 382 g/mol. The molecule has 0 radical (unpaired) electrons. The molecule has 1 saturated heterocycles.